The van der Waals surface area contributed by atoms with Gasteiger partial charge in [0.2, 0.25) is 5.88 Å². The number of pyridine rings is 1. The number of carbonyl (C=O) groups excluding carboxylic acids is 1. The van der Waals surface area contributed by atoms with Gasteiger partial charge in [0.1, 0.15) is 23.3 Å². The number of likely N-dealkylation sites (N-methyl/N-ethyl adjacent to an activating group) is 1. The van der Waals surface area contributed by atoms with E-state index in [0.29, 0.717) is 63.5 Å². The van der Waals surface area contributed by atoms with Crippen LogP contribution in [-0.4, -0.2) is 74.6 Å². The zero-order valence-corrected chi connectivity index (χ0v) is 30.8. The summed E-state index contributed by atoms with van der Waals surface area (Å²) in [7, 11) is 2.08. The summed E-state index contributed by atoms with van der Waals surface area (Å²) in [6, 6.07) is 11.4. The lowest BCUT2D eigenvalue weighted by molar-refractivity contribution is 0.00565. The van der Waals surface area contributed by atoms with E-state index in [4.69, 9.17) is 19.6 Å². The van der Waals surface area contributed by atoms with E-state index in [1.807, 2.05) is 57.5 Å². The summed E-state index contributed by atoms with van der Waals surface area (Å²) in [5, 5.41) is 26.1. The quantitative estimate of drug-likeness (QED) is 0.168. The van der Waals surface area contributed by atoms with Crippen LogP contribution >= 0.6 is 0 Å². The van der Waals surface area contributed by atoms with Gasteiger partial charge in [-0.2, -0.15) is 15.6 Å². The van der Waals surface area contributed by atoms with Crippen molar-refractivity contribution in [2.45, 2.75) is 96.6 Å². The van der Waals surface area contributed by atoms with E-state index in [2.05, 4.69) is 30.7 Å². The maximum absolute atomic E-state index is 17.2. The number of halogens is 1. The summed E-state index contributed by atoms with van der Waals surface area (Å²) in [6.07, 6.45) is 9.41. The van der Waals surface area contributed by atoms with Gasteiger partial charge in [0, 0.05) is 29.1 Å². The van der Waals surface area contributed by atoms with Crippen LogP contribution in [-0.2, 0) is 4.74 Å². The molecule has 0 aliphatic carbocycles. The van der Waals surface area contributed by atoms with Crippen LogP contribution in [0.15, 0.2) is 49.2 Å². The lowest BCUT2D eigenvalue weighted by Crippen LogP contribution is -2.48. The number of carbonyl (C=O) groups is 1. The van der Waals surface area contributed by atoms with Crippen LogP contribution in [0.3, 0.4) is 0 Å². The molecule has 4 atom stereocenters. The third-order valence-electron chi connectivity index (χ3n) is 10.2. The van der Waals surface area contributed by atoms with Crippen molar-refractivity contribution in [2.24, 2.45) is 0 Å². The number of amides is 1. The van der Waals surface area contributed by atoms with Crippen LogP contribution in [0.4, 0.5) is 9.18 Å². The lowest BCUT2D eigenvalue weighted by atomic mass is 9.91. The fraction of sp³-hybridized carbons (Fsp3) is 0.439. The number of ether oxygens (including phenoxy) is 2. The molecule has 2 fully saturated rings. The highest BCUT2D eigenvalue weighted by molar-refractivity contribution is 6.07. The Balaban J connectivity index is 1.52. The molecule has 270 valence electrons. The van der Waals surface area contributed by atoms with Crippen molar-refractivity contribution in [1.82, 2.24) is 24.6 Å². The van der Waals surface area contributed by atoms with Gasteiger partial charge in [0.15, 0.2) is 5.82 Å². The summed E-state index contributed by atoms with van der Waals surface area (Å²) in [6.45, 7) is 14.4. The van der Waals surface area contributed by atoms with E-state index in [0.717, 1.165) is 19.4 Å². The van der Waals surface area contributed by atoms with Gasteiger partial charge < -0.3 is 14.4 Å². The van der Waals surface area contributed by atoms with Gasteiger partial charge in [-0.1, -0.05) is 43.0 Å². The number of piperidine rings is 1. The molecule has 10 nitrogen and oxygen atoms in total. The topological polar surface area (TPSA) is 120 Å². The van der Waals surface area contributed by atoms with Crippen LogP contribution in [0.5, 0.6) is 5.88 Å². The Morgan fingerprint density at radius 3 is 2.67 bits per heavy atom. The van der Waals surface area contributed by atoms with E-state index in [9.17, 15) is 15.3 Å². The zero-order valence-electron chi connectivity index (χ0n) is 30.8. The maximum Gasteiger partial charge on any atom is 0.410 e. The maximum atomic E-state index is 17.2. The number of aryl methyl sites for hydroxylation is 1. The van der Waals surface area contributed by atoms with Gasteiger partial charge in [-0.15, -0.1) is 0 Å². The molecule has 2 aliphatic heterocycles. The average molecular weight is 704 g/mol. The lowest BCUT2D eigenvalue weighted by Gasteiger charge is -2.39. The van der Waals surface area contributed by atoms with E-state index in [1.54, 1.807) is 35.4 Å². The molecule has 0 bridgehead atoms. The van der Waals surface area contributed by atoms with Crippen molar-refractivity contribution in [1.29, 1.82) is 10.5 Å². The highest BCUT2D eigenvalue weighted by atomic mass is 19.1. The average Bonchev–Trinajstić information content (AvgIpc) is 3.74. The Bertz CT molecular complexity index is 2140. The van der Waals surface area contributed by atoms with E-state index < -0.39 is 23.6 Å². The number of nitrogens with zero attached hydrogens (tertiary/aromatic N) is 7. The number of benzene rings is 2. The Kier molecular flexibility index (Phi) is 10.4. The van der Waals surface area contributed by atoms with Crippen molar-refractivity contribution >= 4 is 34.0 Å². The number of likely N-dealkylation sites (tertiary alicyclic amines) is 2. The molecule has 52 heavy (non-hydrogen) atoms. The summed E-state index contributed by atoms with van der Waals surface area (Å²) < 4.78 is 31.5. The number of hydrogen-bond donors (Lipinski definition) is 0. The molecule has 6 rings (SSSR count). The van der Waals surface area contributed by atoms with Gasteiger partial charge in [-0.25, -0.2) is 14.2 Å². The van der Waals surface area contributed by atoms with Crippen molar-refractivity contribution in [2.75, 3.05) is 20.1 Å². The van der Waals surface area contributed by atoms with Gasteiger partial charge in [0.25, 0.3) is 0 Å². The molecule has 4 aromatic rings. The minimum atomic E-state index is -0.672. The standard InChI is InChI=1S/C41H46FN7O3/c1-8-9-12-27-13-10-14-30(32(27)23-44)35-25(2)21-31-37(36(35)42)46-39(51-26(3)34-15-11-19-47(34)7)33-24-45-49(38(31)33)29-17-20-48(28(22-29)16-18-43)40(50)52-41(4,5)6/h8-10,12-14,21,24,26,28-29,34H,1,11,15-17,19-20,22H2,2-7H3/b12-9-/t26-,28+,29-,34-/m0/s1. The molecule has 0 unspecified atom stereocenters. The second kappa shape index (κ2) is 14.8. The third kappa shape index (κ3) is 6.98. The first-order valence-electron chi connectivity index (χ1n) is 17.9. The van der Waals surface area contributed by atoms with Crippen LogP contribution in [0.1, 0.15) is 82.5 Å². The molecular weight excluding hydrogens is 657 g/mol. The van der Waals surface area contributed by atoms with Gasteiger partial charge >= 0.3 is 6.09 Å². The molecule has 11 heteroatoms. The fourth-order valence-electron chi connectivity index (χ4n) is 7.81. The van der Waals surface area contributed by atoms with Crippen molar-refractivity contribution in [3.05, 3.63) is 71.7 Å². The number of hydrogen-bond acceptors (Lipinski definition) is 8. The Morgan fingerprint density at radius 1 is 1.21 bits per heavy atom. The molecule has 0 spiro atoms. The summed E-state index contributed by atoms with van der Waals surface area (Å²) in [4.78, 5) is 22.0. The minimum absolute atomic E-state index is 0.118. The van der Waals surface area contributed by atoms with Crippen molar-refractivity contribution < 1.29 is 18.7 Å². The summed E-state index contributed by atoms with van der Waals surface area (Å²) in [5.41, 5.74) is 2.53. The Labute approximate surface area is 304 Å². The van der Waals surface area contributed by atoms with Crippen LogP contribution < -0.4 is 4.74 Å². The Morgan fingerprint density at radius 2 is 2.00 bits per heavy atom. The zero-order chi connectivity index (χ0) is 37.3. The largest absolute Gasteiger partial charge is 0.472 e. The number of allylic oxidation sites excluding steroid dienone is 2. The second-order valence-corrected chi connectivity index (χ2v) is 14.9. The van der Waals surface area contributed by atoms with E-state index in [-0.39, 0.29) is 36.0 Å². The number of aromatic nitrogens is 3. The molecule has 2 aliphatic rings. The van der Waals surface area contributed by atoms with E-state index >= 15 is 4.39 Å². The molecule has 2 aromatic carbocycles. The molecule has 1 amide bonds. The van der Waals surface area contributed by atoms with Gasteiger partial charge in [-0.3, -0.25) is 9.58 Å². The number of rotatable bonds is 8. The van der Waals surface area contributed by atoms with Crippen LogP contribution in [0.25, 0.3) is 39.0 Å². The van der Waals surface area contributed by atoms with Crippen LogP contribution in [0.2, 0.25) is 0 Å². The molecule has 2 saturated heterocycles. The van der Waals surface area contributed by atoms with Crippen molar-refractivity contribution in [3.63, 3.8) is 0 Å². The SMILES string of the molecule is C=C/C=C\c1cccc(-c2c(C)cc3c(nc(O[C@@H](C)[C@@H]4CCCN4C)c4cnn([C@H]5CCN(C(=O)OC(C)(C)C)[C@H](CC#N)C5)c43)c2F)c1C#N. The first-order chi connectivity index (χ1) is 24.9. The predicted octanol–water partition coefficient (Wildman–Crippen LogP) is 8.49. The summed E-state index contributed by atoms with van der Waals surface area (Å²) >= 11 is 0. The van der Waals surface area contributed by atoms with Crippen molar-refractivity contribution in [3.8, 4) is 29.1 Å². The Hall–Kier alpha value is -5.26. The van der Waals surface area contributed by atoms with Gasteiger partial charge in [0.05, 0.1) is 47.2 Å². The molecule has 0 radical (unpaired) electrons. The smallest absolute Gasteiger partial charge is 0.410 e. The monoisotopic (exact) mass is 703 g/mol. The first kappa shape index (κ1) is 36.5. The summed E-state index contributed by atoms with van der Waals surface area (Å²) in [5.74, 6) is -0.262. The molecule has 2 aromatic heterocycles. The minimum Gasteiger partial charge on any atom is -0.472 e. The highest BCUT2D eigenvalue weighted by Gasteiger charge is 2.37. The van der Waals surface area contributed by atoms with Gasteiger partial charge in [-0.05, 0) is 91.1 Å². The fourth-order valence-corrected chi connectivity index (χ4v) is 7.81. The molecule has 4 heterocycles. The number of fused-ring (bicyclic) bond motifs is 3. The highest BCUT2D eigenvalue weighted by Crippen LogP contribution is 2.42. The van der Waals surface area contributed by atoms with E-state index in [1.165, 1.54) is 0 Å². The van der Waals surface area contributed by atoms with Crippen LogP contribution in [0, 0.1) is 35.4 Å². The first-order valence-corrected chi connectivity index (χ1v) is 17.9. The number of nitriles is 2. The normalized spacial score (nSPS) is 20.2. The second-order valence-electron chi connectivity index (χ2n) is 14.9. The molecular formula is C41H46FN7O3. The molecule has 0 saturated carbocycles. The predicted molar refractivity (Wildman–Crippen MR) is 200 cm³/mol. The third-order valence-corrected chi connectivity index (χ3v) is 10.2. The molecule has 0 N–H and O–H groups in total.